The molecular weight excluding hydrogens is 288 g/mol. The lowest BCUT2D eigenvalue weighted by Gasteiger charge is -2.07. The largest absolute Gasteiger partial charge is 0.482 e. The molecule has 1 heterocycles. The molecular formula is C13H9F2NO3S. The fourth-order valence-electron chi connectivity index (χ4n) is 1.44. The van der Waals surface area contributed by atoms with E-state index in [4.69, 9.17) is 9.84 Å². The van der Waals surface area contributed by atoms with Crippen molar-refractivity contribution < 1.29 is 23.4 Å². The molecule has 20 heavy (non-hydrogen) atoms. The third kappa shape index (κ3) is 3.61. The van der Waals surface area contributed by atoms with E-state index >= 15 is 0 Å². The average molecular weight is 297 g/mol. The molecule has 1 N–H and O–H groups in total. The van der Waals surface area contributed by atoms with Crippen LogP contribution in [0.4, 0.5) is 8.78 Å². The molecule has 0 aliphatic heterocycles. The summed E-state index contributed by atoms with van der Waals surface area (Å²) in [4.78, 5) is 14.9. The first-order chi connectivity index (χ1) is 9.56. The maximum absolute atomic E-state index is 13.7. The Labute approximate surface area is 117 Å². The van der Waals surface area contributed by atoms with Crippen molar-refractivity contribution in [2.75, 3.05) is 0 Å². The van der Waals surface area contributed by atoms with Gasteiger partial charge in [0.25, 0.3) is 0 Å². The number of carboxylic acids is 1. The molecule has 0 spiro atoms. The second kappa shape index (κ2) is 6.25. The molecule has 1 aromatic heterocycles. The molecule has 0 saturated heterocycles. The minimum atomic E-state index is -1.20. The molecule has 0 atom stereocenters. The van der Waals surface area contributed by atoms with E-state index in [2.05, 4.69) is 4.98 Å². The fraction of sp³-hybridized carbons (Fsp3) is 0.0769. The van der Waals surface area contributed by atoms with Gasteiger partial charge in [-0.1, -0.05) is 0 Å². The number of carbonyl (C=O) groups is 1. The van der Waals surface area contributed by atoms with Crippen LogP contribution in [0.25, 0.3) is 6.08 Å². The lowest BCUT2D eigenvalue weighted by Crippen LogP contribution is -1.99. The summed E-state index contributed by atoms with van der Waals surface area (Å²) in [5, 5.41) is 8.45. The van der Waals surface area contributed by atoms with E-state index in [1.807, 2.05) is 0 Å². The number of rotatable bonds is 5. The van der Waals surface area contributed by atoms with Gasteiger partial charge in [-0.25, -0.2) is 13.6 Å². The molecule has 0 aliphatic carbocycles. The molecule has 104 valence electrons. The van der Waals surface area contributed by atoms with Crippen molar-refractivity contribution in [2.24, 2.45) is 0 Å². The zero-order valence-corrected chi connectivity index (χ0v) is 10.9. The van der Waals surface area contributed by atoms with Gasteiger partial charge in [0, 0.05) is 12.3 Å². The Hall–Kier alpha value is -2.28. The first kappa shape index (κ1) is 14.1. The van der Waals surface area contributed by atoms with Crippen LogP contribution in [0.3, 0.4) is 0 Å². The molecule has 4 nitrogen and oxygen atoms in total. The van der Waals surface area contributed by atoms with Crippen molar-refractivity contribution in [3.8, 4) is 5.75 Å². The molecule has 0 amide bonds. The Bertz CT molecular complexity index is 618. The first-order valence-electron chi connectivity index (χ1n) is 5.46. The van der Waals surface area contributed by atoms with Gasteiger partial charge in [0.05, 0.1) is 10.4 Å². The Balaban J connectivity index is 2.16. The summed E-state index contributed by atoms with van der Waals surface area (Å²) in [6.45, 7) is 0.0167. The van der Waals surface area contributed by atoms with Gasteiger partial charge in [0.15, 0.2) is 17.4 Å². The third-order valence-electron chi connectivity index (χ3n) is 2.28. The van der Waals surface area contributed by atoms with Crippen LogP contribution in [0.1, 0.15) is 10.4 Å². The summed E-state index contributed by atoms with van der Waals surface area (Å²) >= 11 is 1.31. The summed E-state index contributed by atoms with van der Waals surface area (Å²) in [5.74, 6) is -3.47. The van der Waals surface area contributed by atoms with E-state index in [-0.39, 0.29) is 12.2 Å². The van der Waals surface area contributed by atoms with Crippen LogP contribution in [0.2, 0.25) is 0 Å². The second-order valence-corrected chi connectivity index (χ2v) is 4.71. The predicted molar refractivity (Wildman–Crippen MR) is 69.5 cm³/mol. The molecule has 0 aliphatic rings. The van der Waals surface area contributed by atoms with E-state index in [1.54, 1.807) is 11.7 Å². The Morgan fingerprint density at radius 3 is 2.65 bits per heavy atom. The van der Waals surface area contributed by atoms with Gasteiger partial charge in [0.1, 0.15) is 6.61 Å². The zero-order valence-electron chi connectivity index (χ0n) is 10.0. The number of halogens is 2. The van der Waals surface area contributed by atoms with Crippen molar-refractivity contribution in [2.45, 2.75) is 6.61 Å². The predicted octanol–water partition coefficient (Wildman–Crippen LogP) is 3.10. The quantitative estimate of drug-likeness (QED) is 0.862. The number of ether oxygens (including phenoxy) is 1. The highest BCUT2D eigenvalue weighted by atomic mass is 32.1. The Morgan fingerprint density at radius 2 is 2.10 bits per heavy atom. The number of benzene rings is 1. The van der Waals surface area contributed by atoms with Crippen LogP contribution in [-0.4, -0.2) is 16.1 Å². The number of aliphatic carboxylic acids is 1. The lowest BCUT2D eigenvalue weighted by atomic mass is 10.2. The summed E-state index contributed by atoms with van der Waals surface area (Å²) < 4.78 is 32.5. The molecule has 0 radical (unpaired) electrons. The van der Waals surface area contributed by atoms with E-state index < -0.39 is 23.4 Å². The van der Waals surface area contributed by atoms with Crippen molar-refractivity contribution in [3.05, 3.63) is 52.0 Å². The Kier molecular flexibility index (Phi) is 4.41. The van der Waals surface area contributed by atoms with Crippen molar-refractivity contribution in [1.82, 2.24) is 4.98 Å². The number of hydrogen-bond acceptors (Lipinski definition) is 4. The van der Waals surface area contributed by atoms with Crippen LogP contribution in [0.15, 0.2) is 29.9 Å². The van der Waals surface area contributed by atoms with Crippen LogP contribution in [-0.2, 0) is 11.4 Å². The summed E-state index contributed by atoms with van der Waals surface area (Å²) in [7, 11) is 0. The normalized spacial score (nSPS) is 10.9. The number of carboxylic acid groups (broad SMARTS) is 1. The fourth-order valence-corrected chi connectivity index (χ4v) is 1.94. The van der Waals surface area contributed by atoms with E-state index in [9.17, 15) is 13.6 Å². The van der Waals surface area contributed by atoms with Crippen molar-refractivity contribution >= 4 is 23.4 Å². The van der Waals surface area contributed by atoms with Crippen LogP contribution >= 0.6 is 11.3 Å². The maximum atomic E-state index is 13.7. The Morgan fingerprint density at radius 1 is 1.40 bits per heavy atom. The number of thiazole rings is 1. The van der Waals surface area contributed by atoms with Gasteiger partial charge in [-0.2, -0.15) is 0 Å². The minimum absolute atomic E-state index is 0.0167. The van der Waals surface area contributed by atoms with Crippen molar-refractivity contribution in [3.63, 3.8) is 0 Å². The molecule has 0 fully saturated rings. The lowest BCUT2D eigenvalue weighted by molar-refractivity contribution is -0.131. The summed E-state index contributed by atoms with van der Waals surface area (Å²) in [5.41, 5.74) is 1.69. The topological polar surface area (TPSA) is 59.4 Å². The summed E-state index contributed by atoms with van der Waals surface area (Å²) in [6.07, 6.45) is 3.44. The van der Waals surface area contributed by atoms with E-state index in [0.29, 0.717) is 0 Å². The van der Waals surface area contributed by atoms with Gasteiger partial charge in [-0.15, -0.1) is 11.3 Å². The highest BCUT2D eigenvalue weighted by molar-refractivity contribution is 7.09. The average Bonchev–Trinajstić information content (AvgIpc) is 2.88. The third-order valence-corrected chi connectivity index (χ3v) is 3.03. The number of hydrogen-bond donors (Lipinski definition) is 1. The van der Waals surface area contributed by atoms with Crippen LogP contribution in [0, 0.1) is 11.6 Å². The van der Waals surface area contributed by atoms with Gasteiger partial charge in [-0.3, -0.25) is 4.98 Å². The minimum Gasteiger partial charge on any atom is -0.482 e. The highest BCUT2D eigenvalue weighted by Gasteiger charge is 2.12. The molecule has 1 aromatic carbocycles. The van der Waals surface area contributed by atoms with E-state index in [1.165, 1.54) is 11.3 Å². The van der Waals surface area contributed by atoms with Crippen LogP contribution in [0.5, 0.6) is 5.75 Å². The van der Waals surface area contributed by atoms with E-state index in [0.717, 1.165) is 29.2 Å². The molecule has 0 saturated carbocycles. The second-order valence-electron chi connectivity index (χ2n) is 3.74. The molecule has 7 heteroatoms. The number of nitrogens with zero attached hydrogens (tertiary/aromatic N) is 1. The smallest absolute Gasteiger partial charge is 0.328 e. The van der Waals surface area contributed by atoms with Gasteiger partial charge in [0.2, 0.25) is 0 Å². The van der Waals surface area contributed by atoms with Crippen molar-refractivity contribution in [1.29, 1.82) is 0 Å². The van der Waals surface area contributed by atoms with Gasteiger partial charge in [-0.05, 0) is 23.8 Å². The van der Waals surface area contributed by atoms with Gasteiger partial charge < -0.3 is 9.84 Å². The zero-order chi connectivity index (χ0) is 14.5. The maximum Gasteiger partial charge on any atom is 0.328 e. The SMILES string of the molecule is O=C(O)/C=C/c1cc(F)c(OCc2cncs2)c(F)c1. The first-order valence-corrected chi connectivity index (χ1v) is 6.34. The molecule has 0 bridgehead atoms. The van der Waals surface area contributed by atoms with Crippen LogP contribution < -0.4 is 4.74 Å². The summed E-state index contributed by atoms with van der Waals surface area (Å²) in [6, 6.07) is 2.01. The van der Waals surface area contributed by atoms with Gasteiger partial charge >= 0.3 is 5.97 Å². The number of aromatic nitrogens is 1. The molecule has 2 rings (SSSR count). The highest BCUT2D eigenvalue weighted by Crippen LogP contribution is 2.25. The molecule has 2 aromatic rings. The molecule has 0 unspecified atom stereocenters. The monoisotopic (exact) mass is 297 g/mol. The standard InChI is InChI=1S/C13H9F2NO3S/c14-10-3-8(1-2-12(17)18)4-11(15)13(10)19-6-9-5-16-7-20-9/h1-5,7H,6H2,(H,17,18)/b2-1+.